The normalized spacial score (nSPS) is 13.5. The van der Waals surface area contributed by atoms with Crippen molar-refractivity contribution in [3.05, 3.63) is 88.5 Å². The van der Waals surface area contributed by atoms with Crippen molar-refractivity contribution < 1.29 is 9.18 Å². The summed E-state index contributed by atoms with van der Waals surface area (Å²) in [5, 5.41) is 2.98. The summed E-state index contributed by atoms with van der Waals surface area (Å²) < 4.78 is 18.3. The lowest BCUT2D eigenvalue weighted by Gasteiger charge is -2.15. The van der Waals surface area contributed by atoms with E-state index in [9.17, 15) is 14.0 Å². The van der Waals surface area contributed by atoms with Gasteiger partial charge in [-0.05, 0) is 49.6 Å². The molecule has 1 fully saturated rings. The fraction of sp³-hybridized carbons (Fsp3) is 0.174. The van der Waals surface area contributed by atoms with Gasteiger partial charge in [0.1, 0.15) is 11.4 Å². The molecule has 1 aliphatic rings. The highest BCUT2D eigenvalue weighted by Gasteiger charge is 2.27. The summed E-state index contributed by atoms with van der Waals surface area (Å²) in [6, 6.07) is 10.4. The van der Waals surface area contributed by atoms with Gasteiger partial charge in [-0.1, -0.05) is 12.1 Å². The van der Waals surface area contributed by atoms with Crippen LogP contribution in [0.2, 0.25) is 0 Å². The zero-order valence-corrected chi connectivity index (χ0v) is 16.3. The fourth-order valence-corrected chi connectivity index (χ4v) is 3.70. The molecule has 0 radical (unpaired) electrons. The molecule has 1 saturated carbocycles. The minimum absolute atomic E-state index is 0.00527. The van der Waals surface area contributed by atoms with E-state index in [1.165, 1.54) is 12.4 Å². The number of hydrogen-bond acceptors (Lipinski definition) is 3. The van der Waals surface area contributed by atoms with E-state index < -0.39 is 17.2 Å². The van der Waals surface area contributed by atoms with Crippen LogP contribution in [0.25, 0.3) is 16.6 Å². The van der Waals surface area contributed by atoms with Crippen molar-refractivity contribution >= 4 is 22.5 Å². The summed E-state index contributed by atoms with van der Waals surface area (Å²) in [5.74, 6) is -1.04. The Morgan fingerprint density at radius 1 is 1.23 bits per heavy atom. The van der Waals surface area contributed by atoms with Crippen molar-refractivity contribution in [2.75, 3.05) is 5.32 Å². The van der Waals surface area contributed by atoms with Gasteiger partial charge in [-0.25, -0.2) is 9.37 Å². The highest BCUT2D eigenvalue weighted by molar-refractivity contribution is 6.06. The third-order valence-corrected chi connectivity index (χ3v) is 5.34. The smallest absolute Gasteiger partial charge is 0.261 e. The van der Waals surface area contributed by atoms with Crippen molar-refractivity contribution in [1.29, 1.82) is 0 Å². The summed E-state index contributed by atoms with van der Waals surface area (Å²) in [6.45, 7) is 1.92. The predicted molar refractivity (Wildman–Crippen MR) is 113 cm³/mol. The van der Waals surface area contributed by atoms with Gasteiger partial charge >= 0.3 is 0 Å². The summed E-state index contributed by atoms with van der Waals surface area (Å²) >= 11 is 0. The highest BCUT2D eigenvalue weighted by Crippen LogP contribution is 2.37. The number of carbonyl (C=O) groups is 1. The number of fused-ring (bicyclic) bond motifs is 1. The molecule has 5 rings (SSSR count). The maximum atomic E-state index is 14.8. The second kappa shape index (κ2) is 6.95. The molecule has 1 aliphatic carbocycles. The van der Waals surface area contributed by atoms with E-state index in [2.05, 4.69) is 10.3 Å². The van der Waals surface area contributed by atoms with Crippen LogP contribution >= 0.6 is 0 Å². The van der Waals surface area contributed by atoms with Crippen molar-refractivity contribution in [2.24, 2.45) is 0 Å². The lowest BCUT2D eigenvalue weighted by Crippen LogP contribution is -2.24. The Kier molecular flexibility index (Phi) is 4.24. The predicted octanol–water partition coefficient (Wildman–Crippen LogP) is 4.22. The van der Waals surface area contributed by atoms with Crippen LogP contribution in [0.1, 0.15) is 34.8 Å². The molecule has 2 aromatic carbocycles. The number of halogens is 1. The van der Waals surface area contributed by atoms with Crippen molar-refractivity contribution in [3.8, 4) is 5.69 Å². The minimum atomic E-state index is -0.545. The van der Waals surface area contributed by atoms with Crippen LogP contribution in [0.4, 0.5) is 10.1 Å². The molecule has 0 bridgehead atoms. The van der Waals surface area contributed by atoms with Gasteiger partial charge in [0.25, 0.3) is 5.91 Å². The molecule has 0 unspecified atom stereocenters. The standard InChI is InChI=1S/C23H19FN4O2/c1-14-3-2-4-15(9-14)26-23(30)18-12-28(16-5-6-16)20-11-21(27-8-7-25-13-27)19(24)10-17(20)22(18)29/h2-4,7-13,16H,5-6H2,1H3,(H,26,30). The Hall–Kier alpha value is -3.74. The van der Waals surface area contributed by atoms with E-state index in [4.69, 9.17) is 0 Å². The number of benzene rings is 2. The highest BCUT2D eigenvalue weighted by atomic mass is 19.1. The minimum Gasteiger partial charge on any atom is -0.343 e. The number of imidazole rings is 1. The molecule has 30 heavy (non-hydrogen) atoms. The molecule has 0 aliphatic heterocycles. The van der Waals surface area contributed by atoms with Crippen LogP contribution < -0.4 is 10.7 Å². The lowest BCUT2D eigenvalue weighted by atomic mass is 10.1. The van der Waals surface area contributed by atoms with Crippen LogP contribution in [-0.2, 0) is 0 Å². The summed E-state index contributed by atoms with van der Waals surface area (Å²) in [5.41, 5.74) is 2.05. The maximum absolute atomic E-state index is 14.8. The number of nitrogens with one attached hydrogen (secondary N) is 1. The van der Waals surface area contributed by atoms with E-state index in [-0.39, 0.29) is 17.0 Å². The number of aromatic nitrogens is 3. The molecule has 0 atom stereocenters. The molecule has 1 N–H and O–H groups in total. The molecule has 2 aromatic heterocycles. The molecule has 7 heteroatoms. The van der Waals surface area contributed by atoms with Crippen molar-refractivity contribution in [2.45, 2.75) is 25.8 Å². The topological polar surface area (TPSA) is 68.9 Å². The molecule has 0 saturated heterocycles. The van der Waals surface area contributed by atoms with Crippen molar-refractivity contribution in [1.82, 2.24) is 14.1 Å². The van der Waals surface area contributed by atoms with E-state index in [1.807, 2.05) is 29.7 Å². The summed E-state index contributed by atoms with van der Waals surface area (Å²) in [4.78, 5) is 30.0. The molecule has 0 spiro atoms. The average molecular weight is 402 g/mol. The Balaban J connectivity index is 1.65. The van der Waals surface area contributed by atoms with Crippen LogP contribution in [0.5, 0.6) is 0 Å². The van der Waals surface area contributed by atoms with Gasteiger partial charge in [0.05, 0.1) is 17.5 Å². The monoisotopic (exact) mass is 402 g/mol. The SMILES string of the molecule is Cc1cccc(NC(=O)c2cn(C3CC3)c3cc(-n4ccnc4)c(F)cc3c2=O)c1. The number of aryl methyl sites for hydroxylation is 1. The Morgan fingerprint density at radius 3 is 2.77 bits per heavy atom. The van der Waals surface area contributed by atoms with E-state index in [1.54, 1.807) is 35.3 Å². The Morgan fingerprint density at radius 2 is 2.07 bits per heavy atom. The van der Waals surface area contributed by atoms with Gasteiger partial charge in [0.2, 0.25) is 5.43 Å². The summed E-state index contributed by atoms with van der Waals surface area (Å²) in [6.07, 6.45) is 8.23. The fourth-order valence-electron chi connectivity index (χ4n) is 3.70. The first kappa shape index (κ1) is 18.3. The molecule has 150 valence electrons. The summed E-state index contributed by atoms with van der Waals surface area (Å²) in [7, 11) is 0. The third-order valence-electron chi connectivity index (χ3n) is 5.34. The maximum Gasteiger partial charge on any atom is 0.261 e. The molecule has 1 amide bonds. The molecule has 2 heterocycles. The number of hydrogen-bond donors (Lipinski definition) is 1. The van der Waals surface area contributed by atoms with Gasteiger partial charge in [0.15, 0.2) is 0 Å². The van der Waals surface area contributed by atoms with Crippen LogP contribution in [0.15, 0.2) is 66.1 Å². The first-order valence-electron chi connectivity index (χ1n) is 9.76. The van der Waals surface area contributed by atoms with Gasteiger partial charge in [-0.3, -0.25) is 9.59 Å². The number of carbonyl (C=O) groups excluding carboxylic acids is 1. The van der Waals surface area contributed by atoms with Gasteiger partial charge in [-0.15, -0.1) is 0 Å². The number of amides is 1. The van der Waals surface area contributed by atoms with Gasteiger partial charge in [0, 0.05) is 35.7 Å². The molecule has 4 aromatic rings. The number of pyridine rings is 1. The second-order valence-corrected chi connectivity index (χ2v) is 7.62. The molecular weight excluding hydrogens is 383 g/mol. The van der Waals surface area contributed by atoms with Crippen LogP contribution in [0.3, 0.4) is 0 Å². The first-order valence-corrected chi connectivity index (χ1v) is 9.76. The van der Waals surface area contributed by atoms with Crippen LogP contribution in [-0.4, -0.2) is 20.0 Å². The second-order valence-electron chi connectivity index (χ2n) is 7.62. The van der Waals surface area contributed by atoms with E-state index in [0.717, 1.165) is 18.4 Å². The first-order chi connectivity index (χ1) is 14.5. The van der Waals surface area contributed by atoms with E-state index in [0.29, 0.717) is 16.9 Å². The Bertz CT molecular complexity index is 1340. The number of anilines is 1. The molecule has 6 nitrogen and oxygen atoms in total. The van der Waals surface area contributed by atoms with Crippen LogP contribution in [0, 0.1) is 12.7 Å². The third kappa shape index (κ3) is 3.18. The largest absolute Gasteiger partial charge is 0.343 e. The quantitative estimate of drug-likeness (QED) is 0.556. The zero-order chi connectivity index (χ0) is 20.8. The number of rotatable bonds is 4. The number of nitrogens with zero attached hydrogens (tertiary/aromatic N) is 3. The van der Waals surface area contributed by atoms with Gasteiger partial charge in [-0.2, -0.15) is 0 Å². The lowest BCUT2D eigenvalue weighted by molar-refractivity contribution is 0.102. The van der Waals surface area contributed by atoms with Gasteiger partial charge < -0.3 is 14.5 Å². The molecular formula is C23H19FN4O2. The zero-order valence-electron chi connectivity index (χ0n) is 16.3. The van der Waals surface area contributed by atoms with E-state index >= 15 is 0 Å². The average Bonchev–Trinajstić information content (AvgIpc) is 3.42. The Labute approximate surface area is 171 Å². The van der Waals surface area contributed by atoms with Crippen molar-refractivity contribution in [3.63, 3.8) is 0 Å².